The number of hydrogen-bond donors (Lipinski definition) is 2. The molecule has 0 fully saturated rings. The molecule has 0 amide bonds. The van der Waals surface area contributed by atoms with Crippen LogP contribution in [0.2, 0.25) is 0 Å². The van der Waals surface area contributed by atoms with E-state index in [0.717, 1.165) is 5.56 Å². The fourth-order valence-electron chi connectivity index (χ4n) is 2.20. The van der Waals surface area contributed by atoms with E-state index >= 15 is 0 Å². The van der Waals surface area contributed by atoms with Crippen LogP contribution in [0.15, 0.2) is 47.3 Å². The van der Waals surface area contributed by atoms with Crippen LogP contribution in [0.25, 0.3) is 10.9 Å². The number of carboxylic acids is 1. The van der Waals surface area contributed by atoms with Gasteiger partial charge in [-0.2, -0.15) is 0 Å². The summed E-state index contributed by atoms with van der Waals surface area (Å²) in [5.74, 6) is -1.02. The van der Waals surface area contributed by atoms with Crippen molar-refractivity contribution in [2.75, 3.05) is 0 Å². The van der Waals surface area contributed by atoms with Gasteiger partial charge in [-0.1, -0.05) is 12.1 Å². The summed E-state index contributed by atoms with van der Waals surface area (Å²) in [7, 11) is 0. The number of carboxylic acid groups (broad SMARTS) is 1. The summed E-state index contributed by atoms with van der Waals surface area (Å²) in [4.78, 5) is 29.9. The number of carbonyl (C=O) groups is 1. The number of benzene rings is 2. The molecule has 1 aromatic heterocycles. The van der Waals surface area contributed by atoms with E-state index in [4.69, 9.17) is 5.11 Å². The number of hydrogen-bond acceptors (Lipinski definition) is 3. The van der Waals surface area contributed by atoms with Gasteiger partial charge >= 0.3 is 5.97 Å². The number of nitrogens with one attached hydrogen (secondary N) is 1. The summed E-state index contributed by atoms with van der Waals surface area (Å²) >= 11 is 0. The van der Waals surface area contributed by atoms with Crippen LogP contribution in [0.3, 0.4) is 0 Å². The number of fused-ring (bicyclic) bond motifs is 1. The predicted molar refractivity (Wildman–Crippen MR) is 78.5 cm³/mol. The summed E-state index contributed by atoms with van der Waals surface area (Å²) in [6.45, 7) is 0. The number of rotatable bonds is 3. The number of nitrogens with zero attached hydrogens (tertiary/aromatic N) is 1. The Morgan fingerprint density at radius 3 is 2.59 bits per heavy atom. The van der Waals surface area contributed by atoms with Crippen molar-refractivity contribution in [3.8, 4) is 0 Å². The average Bonchev–Trinajstić information content (AvgIpc) is 2.49. The normalized spacial score (nSPS) is 10.8. The Balaban J connectivity index is 2.05. The maximum absolute atomic E-state index is 12.9. The van der Waals surface area contributed by atoms with Crippen molar-refractivity contribution in [3.05, 3.63) is 75.6 Å². The molecule has 0 aliphatic rings. The third kappa shape index (κ3) is 2.71. The summed E-state index contributed by atoms with van der Waals surface area (Å²) in [6, 6.07) is 10.0. The van der Waals surface area contributed by atoms with Gasteiger partial charge in [0.15, 0.2) is 0 Å². The molecule has 110 valence electrons. The third-order valence-corrected chi connectivity index (χ3v) is 3.29. The van der Waals surface area contributed by atoms with Crippen LogP contribution in [-0.2, 0) is 6.42 Å². The Morgan fingerprint density at radius 2 is 1.91 bits per heavy atom. The highest BCUT2D eigenvalue weighted by Crippen LogP contribution is 2.12. The molecule has 0 spiro atoms. The quantitative estimate of drug-likeness (QED) is 0.777. The van der Waals surface area contributed by atoms with Crippen molar-refractivity contribution in [1.29, 1.82) is 0 Å². The molecule has 5 nitrogen and oxygen atoms in total. The Morgan fingerprint density at radius 1 is 1.18 bits per heavy atom. The summed E-state index contributed by atoms with van der Waals surface area (Å²) in [5.41, 5.74) is 0.844. The van der Waals surface area contributed by atoms with Gasteiger partial charge in [0.1, 0.15) is 11.6 Å². The van der Waals surface area contributed by atoms with Crippen LogP contribution in [0.4, 0.5) is 4.39 Å². The van der Waals surface area contributed by atoms with Gasteiger partial charge in [-0.05, 0) is 35.9 Å². The van der Waals surface area contributed by atoms with Crippen molar-refractivity contribution in [3.63, 3.8) is 0 Å². The second-order valence-electron chi connectivity index (χ2n) is 4.85. The molecule has 0 aliphatic carbocycles. The average molecular weight is 298 g/mol. The zero-order valence-corrected chi connectivity index (χ0v) is 11.3. The first-order valence-electron chi connectivity index (χ1n) is 6.53. The van der Waals surface area contributed by atoms with Crippen molar-refractivity contribution in [2.24, 2.45) is 0 Å². The molecule has 6 heteroatoms. The minimum atomic E-state index is -1.08. The van der Waals surface area contributed by atoms with Crippen LogP contribution in [0.1, 0.15) is 21.7 Å². The number of halogens is 1. The van der Waals surface area contributed by atoms with Crippen LogP contribution >= 0.6 is 0 Å². The SMILES string of the molecule is O=C(O)c1ccc2c(=O)[nH]c(Cc3ccc(F)cc3)nc2c1. The molecule has 0 aliphatic heterocycles. The first-order valence-corrected chi connectivity index (χ1v) is 6.53. The molecule has 3 rings (SSSR count). The highest BCUT2D eigenvalue weighted by molar-refractivity contribution is 5.92. The molecule has 22 heavy (non-hydrogen) atoms. The van der Waals surface area contributed by atoms with Gasteiger partial charge in [-0.3, -0.25) is 4.79 Å². The minimum absolute atomic E-state index is 0.0679. The zero-order chi connectivity index (χ0) is 15.7. The summed E-state index contributed by atoms with van der Waals surface area (Å²) in [5, 5.41) is 9.32. The number of aromatic nitrogens is 2. The minimum Gasteiger partial charge on any atom is -0.478 e. The lowest BCUT2D eigenvalue weighted by Crippen LogP contribution is -2.13. The number of aromatic amines is 1. The molecule has 0 bridgehead atoms. The monoisotopic (exact) mass is 298 g/mol. The van der Waals surface area contributed by atoms with Crippen LogP contribution in [-0.4, -0.2) is 21.0 Å². The van der Waals surface area contributed by atoms with Gasteiger partial charge in [0.2, 0.25) is 0 Å². The van der Waals surface area contributed by atoms with Gasteiger partial charge in [0.05, 0.1) is 16.5 Å². The van der Waals surface area contributed by atoms with Crippen molar-refractivity contribution in [1.82, 2.24) is 9.97 Å². The highest BCUT2D eigenvalue weighted by Gasteiger charge is 2.09. The van der Waals surface area contributed by atoms with E-state index < -0.39 is 5.97 Å². The van der Waals surface area contributed by atoms with Crippen LogP contribution in [0, 0.1) is 5.82 Å². The largest absolute Gasteiger partial charge is 0.478 e. The molecule has 2 aromatic carbocycles. The lowest BCUT2D eigenvalue weighted by molar-refractivity contribution is 0.0697. The first kappa shape index (κ1) is 13.9. The first-order chi connectivity index (χ1) is 10.5. The fraction of sp³-hybridized carbons (Fsp3) is 0.0625. The third-order valence-electron chi connectivity index (χ3n) is 3.29. The van der Waals surface area contributed by atoms with Crippen molar-refractivity contribution >= 4 is 16.9 Å². The molecule has 0 radical (unpaired) electrons. The van der Waals surface area contributed by atoms with E-state index in [1.54, 1.807) is 12.1 Å². The Kier molecular flexibility index (Phi) is 3.42. The highest BCUT2D eigenvalue weighted by atomic mass is 19.1. The maximum Gasteiger partial charge on any atom is 0.335 e. The molecule has 2 N–H and O–H groups in total. The molecule has 0 saturated carbocycles. The number of aromatic carboxylic acids is 1. The molecule has 0 unspecified atom stereocenters. The molecule has 0 atom stereocenters. The fourth-order valence-corrected chi connectivity index (χ4v) is 2.20. The molecule has 1 heterocycles. The van der Waals surface area contributed by atoms with Gasteiger partial charge < -0.3 is 10.1 Å². The number of H-pyrrole nitrogens is 1. The topological polar surface area (TPSA) is 83.0 Å². The van der Waals surface area contributed by atoms with Crippen molar-refractivity contribution in [2.45, 2.75) is 6.42 Å². The zero-order valence-electron chi connectivity index (χ0n) is 11.3. The van der Waals surface area contributed by atoms with Crippen LogP contribution < -0.4 is 5.56 Å². The van der Waals surface area contributed by atoms with Gasteiger partial charge in [-0.25, -0.2) is 14.2 Å². The van der Waals surface area contributed by atoms with Crippen LogP contribution in [0.5, 0.6) is 0 Å². The standard InChI is InChI=1S/C16H11FN2O3/c17-11-4-1-9(2-5-11)7-14-18-13-8-10(16(21)22)3-6-12(13)15(20)19-14/h1-6,8H,7H2,(H,21,22)(H,18,19,20). The van der Waals surface area contributed by atoms with E-state index in [9.17, 15) is 14.0 Å². The van der Waals surface area contributed by atoms with Gasteiger partial charge in [0, 0.05) is 6.42 Å². The van der Waals surface area contributed by atoms with E-state index in [2.05, 4.69) is 9.97 Å². The van der Waals surface area contributed by atoms with E-state index in [0.29, 0.717) is 23.1 Å². The molecule has 0 saturated heterocycles. The smallest absolute Gasteiger partial charge is 0.335 e. The Bertz CT molecular complexity index is 917. The Labute approximate surface area is 124 Å². The second-order valence-corrected chi connectivity index (χ2v) is 4.85. The lowest BCUT2D eigenvalue weighted by Gasteiger charge is -2.04. The van der Waals surface area contributed by atoms with E-state index in [1.807, 2.05) is 0 Å². The molecule has 3 aromatic rings. The van der Waals surface area contributed by atoms with E-state index in [-0.39, 0.29) is 16.9 Å². The second kappa shape index (κ2) is 5.40. The van der Waals surface area contributed by atoms with E-state index in [1.165, 1.54) is 30.3 Å². The summed E-state index contributed by atoms with van der Waals surface area (Å²) in [6.07, 6.45) is 0.322. The molecular weight excluding hydrogens is 287 g/mol. The molecular formula is C16H11FN2O3. The summed E-state index contributed by atoms with van der Waals surface area (Å²) < 4.78 is 12.9. The predicted octanol–water partition coefficient (Wildman–Crippen LogP) is 2.35. The lowest BCUT2D eigenvalue weighted by atomic mass is 10.1. The maximum atomic E-state index is 12.9. The van der Waals surface area contributed by atoms with Gasteiger partial charge in [0.25, 0.3) is 5.56 Å². The van der Waals surface area contributed by atoms with Gasteiger partial charge in [-0.15, -0.1) is 0 Å². The Hall–Kier alpha value is -3.02. The van der Waals surface area contributed by atoms with Crippen molar-refractivity contribution < 1.29 is 14.3 Å².